The lowest BCUT2D eigenvalue weighted by atomic mass is 10.0. The van der Waals surface area contributed by atoms with Crippen LogP contribution < -0.4 is 26.4 Å². The average Bonchev–Trinajstić information content (AvgIpc) is 3.17. The number of benzene rings is 4. The zero-order chi connectivity index (χ0) is 39.3. The van der Waals surface area contributed by atoms with Gasteiger partial charge in [0.2, 0.25) is 0 Å². The Kier molecular flexibility index (Phi) is 14.6. The number of carbonyl (C=O) groups is 3. The van der Waals surface area contributed by atoms with Crippen LogP contribution in [0.2, 0.25) is 0 Å². The first-order valence-corrected chi connectivity index (χ1v) is 18.9. The van der Waals surface area contributed by atoms with Crippen LogP contribution in [-0.2, 0) is 11.3 Å². The van der Waals surface area contributed by atoms with E-state index in [1.165, 1.54) is 0 Å². The van der Waals surface area contributed by atoms with E-state index in [-0.39, 0.29) is 36.5 Å². The van der Waals surface area contributed by atoms with Crippen molar-refractivity contribution in [3.05, 3.63) is 114 Å². The number of hydrogen-bond donors (Lipinski definition) is 5. The molecule has 4 atom stereocenters. The van der Waals surface area contributed by atoms with Crippen LogP contribution in [0.15, 0.2) is 97.1 Å². The monoisotopic (exact) mass is 750 g/mol. The Labute approximate surface area is 324 Å². The number of aliphatic hydroxyl groups excluding tert-OH is 1. The molecule has 1 aliphatic heterocycles. The summed E-state index contributed by atoms with van der Waals surface area (Å²) in [5.41, 5.74) is 9.99. The fourth-order valence-corrected chi connectivity index (χ4v) is 6.53. The third-order valence-corrected chi connectivity index (χ3v) is 9.71. The summed E-state index contributed by atoms with van der Waals surface area (Å²) in [6, 6.07) is 27.9. The van der Waals surface area contributed by atoms with Crippen molar-refractivity contribution in [2.75, 3.05) is 55.0 Å². The molecule has 0 radical (unpaired) electrons. The molecule has 4 aromatic rings. The number of para-hydroxylation sites is 3. The SMILES string of the molecule is C[C@@H]1CCCCO[C@@H](CN(C)Cc2ccc(C(=O)Nc3ccccc3N)cc2)[C@@H](C)CN([C@H](C)CO)C(=O)c2cc(NC(=O)Nc3ccccc3)ccc2O1. The van der Waals surface area contributed by atoms with Crippen LogP contribution in [0.25, 0.3) is 0 Å². The summed E-state index contributed by atoms with van der Waals surface area (Å²) in [4.78, 5) is 44.0. The van der Waals surface area contributed by atoms with Crippen LogP contribution in [0, 0.1) is 5.92 Å². The average molecular weight is 751 g/mol. The number of amides is 4. The number of ether oxygens (including phenoxy) is 2. The largest absolute Gasteiger partial charge is 0.490 e. The van der Waals surface area contributed by atoms with Gasteiger partial charge in [-0.15, -0.1) is 0 Å². The highest BCUT2D eigenvalue weighted by atomic mass is 16.5. The summed E-state index contributed by atoms with van der Waals surface area (Å²) < 4.78 is 12.9. The van der Waals surface area contributed by atoms with Crippen molar-refractivity contribution in [2.24, 2.45) is 5.92 Å². The third-order valence-electron chi connectivity index (χ3n) is 9.71. The lowest BCUT2D eigenvalue weighted by Gasteiger charge is -2.36. The minimum absolute atomic E-state index is 0.110. The molecule has 0 aliphatic carbocycles. The lowest BCUT2D eigenvalue weighted by molar-refractivity contribution is -0.0177. The Morgan fingerprint density at radius 3 is 2.36 bits per heavy atom. The molecule has 0 spiro atoms. The predicted octanol–water partition coefficient (Wildman–Crippen LogP) is 7.09. The maximum Gasteiger partial charge on any atom is 0.323 e. The number of urea groups is 1. The van der Waals surface area contributed by atoms with Gasteiger partial charge in [0.1, 0.15) is 5.75 Å². The van der Waals surface area contributed by atoms with Crippen LogP contribution in [0.1, 0.15) is 66.3 Å². The molecule has 4 aromatic carbocycles. The van der Waals surface area contributed by atoms with Crippen molar-refractivity contribution in [3.63, 3.8) is 0 Å². The summed E-state index contributed by atoms with van der Waals surface area (Å²) in [7, 11) is 2.03. The molecular formula is C43H54N6O6. The van der Waals surface area contributed by atoms with Crippen LogP contribution in [0.5, 0.6) is 5.75 Å². The highest BCUT2D eigenvalue weighted by Gasteiger charge is 2.30. The summed E-state index contributed by atoms with van der Waals surface area (Å²) in [6.07, 6.45) is 2.10. The number of hydrogen-bond acceptors (Lipinski definition) is 8. The number of nitrogens with two attached hydrogens (primary N) is 1. The number of fused-ring (bicyclic) bond motifs is 1. The molecule has 12 heteroatoms. The van der Waals surface area contributed by atoms with Gasteiger partial charge in [0.25, 0.3) is 11.8 Å². The molecule has 0 aromatic heterocycles. The summed E-state index contributed by atoms with van der Waals surface area (Å²) in [5.74, 6) is -0.237. The summed E-state index contributed by atoms with van der Waals surface area (Å²) in [5, 5.41) is 18.8. The molecule has 0 bridgehead atoms. The quantitative estimate of drug-likeness (QED) is 0.108. The number of nitrogens with one attached hydrogen (secondary N) is 3. The van der Waals surface area contributed by atoms with Crippen molar-refractivity contribution < 1.29 is 29.0 Å². The van der Waals surface area contributed by atoms with Gasteiger partial charge in [-0.2, -0.15) is 0 Å². The number of anilines is 4. The zero-order valence-electron chi connectivity index (χ0n) is 32.2. The molecule has 0 saturated carbocycles. The first-order chi connectivity index (χ1) is 26.5. The molecule has 292 valence electrons. The van der Waals surface area contributed by atoms with Gasteiger partial charge in [0.15, 0.2) is 0 Å². The van der Waals surface area contributed by atoms with E-state index in [2.05, 4.69) is 27.8 Å². The van der Waals surface area contributed by atoms with Crippen molar-refractivity contribution in [2.45, 2.75) is 64.8 Å². The van der Waals surface area contributed by atoms with Gasteiger partial charge in [-0.25, -0.2) is 4.79 Å². The number of nitrogen functional groups attached to an aromatic ring is 1. The van der Waals surface area contributed by atoms with E-state index in [1.54, 1.807) is 59.5 Å². The molecule has 5 rings (SSSR count). The van der Waals surface area contributed by atoms with Gasteiger partial charge in [-0.3, -0.25) is 14.5 Å². The minimum atomic E-state index is -0.501. The maximum atomic E-state index is 14.5. The van der Waals surface area contributed by atoms with Gasteiger partial charge in [0.05, 0.1) is 41.8 Å². The second-order valence-corrected chi connectivity index (χ2v) is 14.4. The maximum absolute atomic E-state index is 14.5. The van der Waals surface area contributed by atoms with Crippen LogP contribution in [-0.4, -0.2) is 84.4 Å². The molecule has 12 nitrogen and oxygen atoms in total. The van der Waals surface area contributed by atoms with Crippen molar-refractivity contribution in [1.29, 1.82) is 0 Å². The second kappa shape index (κ2) is 19.8. The number of rotatable bonds is 10. The van der Waals surface area contributed by atoms with E-state index >= 15 is 0 Å². The summed E-state index contributed by atoms with van der Waals surface area (Å²) in [6.45, 7) is 7.70. The van der Waals surface area contributed by atoms with Crippen LogP contribution in [0.3, 0.4) is 0 Å². The Morgan fingerprint density at radius 2 is 1.64 bits per heavy atom. The highest BCUT2D eigenvalue weighted by molar-refractivity contribution is 6.06. The Morgan fingerprint density at radius 1 is 0.927 bits per heavy atom. The van der Waals surface area contributed by atoms with Crippen LogP contribution >= 0.6 is 0 Å². The molecule has 4 amide bonds. The highest BCUT2D eigenvalue weighted by Crippen LogP contribution is 2.29. The van der Waals surface area contributed by atoms with Gasteiger partial charge < -0.3 is 41.2 Å². The van der Waals surface area contributed by atoms with Crippen molar-refractivity contribution in [1.82, 2.24) is 9.80 Å². The van der Waals surface area contributed by atoms with Gasteiger partial charge in [0, 0.05) is 49.1 Å². The summed E-state index contributed by atoms with van der Waals surface area (Å²) >= 11 is 0. The number of likely N-dealkylation sites (N-methyl/N-ethyl adjacent to an activating group) is 1. The molecule has 1 heterocycles. The number of nitrogens with zero attached hydrogens (tertiary/aromatic N) is 2. The Balaban J connectivity index is 1.30. The van der Waals surface area contributed by atoms with E-state index < -0.39 is 12.1 Å². The van der Waals surface area contributed by atoms with Crippen molar-refractivity contribution in [3.8, 4) is 5.75 Å². The molecule has 6 N–H and O–H groups in total. The molecule has 1 aliphatic rings. The zero-order valence-corrected chi connectivity index (χ0v) is 32.2. The Bertz CT molecular complexity index is 1870. The molecule has 0 fully saturated rings. The number of aliphatic hydroxyl groups is 1. The first-order valence-electron chi connectivity index (χ1n) is 18.9. The van der Waals surface area contributed by atoms with E-state index in [0.717, 1.165) is 24.8 Å². The van der Waals surface area contributed by atoms with Gasteiger partial charge in [-0.1, -0.05) is 49.4 Å². The smallest absolute Gasteiger partial charge is 0.323 e. The topological polar surface area (TPSA) is 158 Å². The minimum Gasteiger partial charge on any atom is -0.490 e. The Hall–Kier alpha value is -5.43. The molecule has 0 unspecified atom stereocenters. The normalized spacial score (nSPS) is 18.7. The van der Waals surface area contributed by atoms with E-state index in [1.807, 2.05) is 63.4 Å². The van der Waals surface area contributed by atoms with Gasteiger partial charge >= 0.3 is 6.03 Å². The van der Waals surface area contributed by atoms with Gasteiger partial charge in [-0.05, 0) is 100 Å². The standard InChI is InChI=1S/C43H54N6O6/c1-29-25-49(30(2)28-50)42(52)36-24-35(46-43(53)45-34-13-6-5-7-14-34)21-22-39(36)55-31(3)12-10-11-23-54-40(29)27-48(4)26-32-17-19-33(20-18-32)41(51)47-38-16-9-8-15-37(38)44/h5-9,13-22,24,29-31,40,50H,10-12,23,25-28,44H2,1-4H3,(H,47,51)(H2,45,46,53)/t29-,30+,31+,40-/m0/s1. The fraction of sp³-hybridized carbons (Fsp3) is 0.372. The molecular weight excluding hydrogens is 697 g/mol. The van der Waals surface area contributed by atoms with Crippen molar-refractivity contribution >= 4 is 40.6 Å². The third kappa shape index (κ3) is 11.8. The predicted molar refractivity (Wildman–Crippen MR) is 218 cm³/mol. The van der Waals surface area contributed by atoms with E-state index in [9.17, 15) is 19.5 Å². The lowest BCUT2D eigenvalue weighted by Crippen LogP contribution is -2.47. The number of carbonyl (C=O) groups excluding carboxylic acids is 3. The fourth-order valence-electron chi connectivity index (χ4n) is 6.53. The molecule has 0 saturated heterocycles. The van der Waals surface area contributed by atoms with E-state index in [4.69, 9.17) is 15.2 Å². The molecule has 55 heavy (non-hydrogen) atoms. The van der Waals surface area contributed by atoms with E-state index in [0.29, 0.717) is 65.9 Å². The van der Waals surface area contributed by atoms with Crippen LogP contribution in [0.4, 0.5) is 27.5 Å². The first kappa shape index (κ1) is 40.7. The second-order valence-electron chi connectivity index (χ2n) is 14.4.